The van der Waals surface area contributed by atoms with E-state index in [2.05, 4.69) is 15.4 Å². The van der Waals surface area contributed by atoms with Gasteiger partial charge >= 0.3 is 0 Å². The van der Waals surface area contributed by atoms with Crippen LogP contribution in [0.25, 0.3) is 0 Å². The number of halogens is 2. The van der Waals surface area contributed by atoms with Crippen molar-refractivity contribution < 1.29 is 14.1 Å². The quantitative estimate of drug-likeness (QED) is 0.825. The van der Waals surface area contributed by atoms with Gasteiger partial charge in [-0.05, 0) is 13.8 Å². The second-order valence-electron chi connectivity index (χ2n) is 6.39. The molecule has 9 heteroatoms. The SMILES string of the molecule is Cc1noc(C)c1CN1CCN(C(=O)CC2COCCN2)CC1.Cl.Cl. The van der Waals surface area contributed by atoms with Gasteiger partial charge in [-0.15, -0.1) is 24.8 Å². The zero-order chi connectivity index (χ0) is 16.2. The number of hydrogen-bond donors (Lipinski definition) is 1. The standard InChI is InChI=1S/C16H26N4O3.2ClH/c1-12-15(13(2)23-18-12)10-19-4-6-20(7-5-19)16(21)9-14-11-22-8-3-17-14;;/h14,17H,3-11H2,1-2H3;2*1H. The number of carbonyl (C=O) groups excluding carboxylic acids is 1. The van der Waals surface area contributed by atoms with Crippen LogP contribution in [0.2, 0.25) is 0 Å². The Hall–Kier alpha value is -0.860. The molecule has 2 aliphatic rings. The van der Waals surface area contributed by atoms with Crippen molar-refractivity contribution in [3.8, 4) is 0 Å². The molecule has 0 bridgehead atoms. The first-order valence-corrected chi connectivity index (χ1v) is 8.36. The highest BCUT2D eigenvalue weighted by Gasteiger charge is 2.25. The minimum Gasteiger partial charge on any atom is -0.378 e. The zero-order valence-corrected chi connectivity index (χ0v) is 16.5. The van der Waals surface area contributed by atoms with Crippen molar-refractivity contribution in [1.29, 1.82) is 0 Å². The molecule has 1 amide bonds. The highest BCUT2D eigenvalue weighted by Crippen LogP contribution is 2.16. The molecule has 1 aromatic heterocycles. The second kappa shape index (κ2) is 10.3. The van der Waals surface area contributed by atoms with Crippen LogP contribution >= 0.6 is 24.8 Å². The van der Waals surface area contributed by atoms with E-state index in [4.69, 9.17) is 9.26 Å². The van der Waals surface area contributed by atoms with Crippen molar-refractivity contribution >= 4 is 30.7 Å². The monoisotopic (exact) mass is 394 g/mol. The topological polar surface area (TPSA) is 70.8 Å². The number of hydrogen-bond acceptors (Lipinski definition) is 6. The van der Waals surface area contributed by atoms with E-state index in [1.165, 1.54) is 5.56 Å². The number of rotatable bonds is 4. The van der Waals surface area contributed by atoms with Crippen molar-refractivity contribution in [3.63, 3.8) is 0 Å². The van der Waals surface area contributed by atoms with Gasteiger partial charge in [0.1, 0.15) is 5.76 Å². The largest absolute Gasteiger partial charge is 0.378 e. The molecule has 2 aliphatic heterocycles. The third-order valence-electron chi connectivity index (χ3n) is 4.71. The Morgan fingerprint density at radius 2 is 1.96 bits per heavy atom. The molecule has 1 atom stereocenters. The average molecular weight is 395 g/mol. The highest BCUT2D eigenvalue weighted by molar-refractivity contribution is 5.85. The number of nitrogens with one attached hydrogen (secondary N) is 1. The Labute approximate surface area is 161 Å². The number of ether oxygens (including phenoxy) is 1. The first-order valence-electron chi connectivity index (χ1n) is 8.36. The third-order valence-corrected chi connectivity index (χ3v) is 4.71. The summed E-state index contributed by atoms with van der Waals surface area (Å²) in [6.07, 6.45) is 0.532. The number of amides is 1. The lowest BCUT2D eigenvalue weighted by Crippen LogP contribution is -2.51. The summed E-state index contributed by atoms with van der Waals surface area (Å²) in [7, 11) is 0. The maximum Gasteiger partial charge on any atom is 0.224 e. The summed E-state index contributed by atoms with van der Waals surface area (Å²) in [4.78, 5) is 16.7. The van der Waals surface area contributed by atoms with Gasteiger partial charge in [0.05, 0.1) is 18.9 Å². The van der Waals surface area contributed by atoms with Gasteiger partial charge in [-0.3, -0.25) is 9.69 Å². The number of nitrogens with zero attached hydrogens (tertiary/aromatic N) is 3. The number of aryl methyl sites for hydroxylation is 2. The van der Waals surface area contributed by atoms with E-state index in [9.17, 15) is 4.79 Å². The maximum absolute atomic E-state index is 12.4. The van der Waals surface area contributed by atoms with E-state index in [-0.39, 0.29) is 36.8 Å². The van der Waals surface area contributed by atoms with Crippen LogP contribution in [-0.2, 0) is 16.1 Å². The Morgan fingerprint density at radius 3 is 2.52 bits per heavy atom. The molecule has 1 aromatic rings. The van der Waals surface area contributed by atoms with Crippen molar-refractivity contribution in [2.24, 2.45) is 0 Å². The molecular formula is C16H28Cl2N4O3. The van der Waals surface area contributed by atoms with Crippen LogP contribution in [0.15, 0.2) is 4.52 Å². The minimum absolute atomic E-state index is 0. The maximum atomic E-state index is 12.4. The van der Waals surface area contributed by atoms with E-state index in [1.807, 2.05) is 18.7 Å². The molecule has 0 aromatic carbocycles. The Bertz CT molecular complexity index is 522. The van der Waals surface area contributed by atoms with Gasteiger partial charge in [-0.25, -0.2) is 0 Å². The number of piperazine rings is 1. The number of morpholine rings is 1. The molecule has 0 spiro atoms. The van der Waals surface area contributed by atoms with Crippen LogP contribution in [0.5, 0.6) is 0 Å². The van der Waals surface area contributed by atoms with E-state index >= 15 is 0 Å². The van der Waals surface area contributed by atoms with Gasteiger partial charge in [-0.1, -0.05) is 5.16 Å². The number of carbonyl (C=O) groups is 1. The Morgan fingerprint density at radius 1 is 1.24 bits per heavy atom. The molecule has 0 radical (unpaired) electrons. The van der Waals surface area contributed by atoms with Crippen LogP contribution in [0.3, 0.4) is 0 Å². The zero-order valence-electron chi connectivity index (χ0n) is 14.8. The van der Waals surface area contributed by atoms with Crippen molar-refractivity contribution in [1.82, 2.24) is 20.3 Å². The molecule has 0 aliphatic carbocycles. The molecule has 7 nitrogen and oxygen atoms in total. The van der Waals surface area contributed by atoms with Crippen LogP contribution in [0.1, 0.15) is 23.4 Å². The normalized spacial score (nSPS) is 21.4. The van der Waals surface area contributed by atoms with Crippen LogP contribution < -0.4 is 5.32 Å². The van der Waals surface area contributed by atoms with E-state index in [0.717, 1.165) is 57.3 Å². The summed E-state index contributed by atoms with van der Waals surface area (Å²) >= 11 is 0. The second-order valence-corrected chi connectivity index (χ2v) is 6.39. The molecular weight excluding hydrogens is 367 g/mol. The van der Waals surface area contributed by atoms with Gasteiger partial charge in [0.15, 0.2) is 0 Å². The summed E-state index contributed by atoms with van der Waals surface area (Å²) in [5.41, 5.74) is 2.14. The Balaban J connectivity index is 0.00000156. The molecule has 3 rings (SSSR count). The number of aromatic nitrogens is 1. The molecule has 144 valence electrons. The summed E-state index contributed by atoms with van der Waals surface area (Å²) in [5.74, 6) is 1.12. The lowest BCUT2D eigenvalue weighted by Gasteiger charge is -2.35. The lowest BCUT2D eigenvalue weighted by atomic mass is 10.1. The molecule has 0 saturated carbocycles. The fraction of sp³-hybridized carbons (Fsp3) is 0.750. The molecule has 2 fully saturated rings. The molecule has 25 heavy (non-hydrogen) atoms. The van der Waals surface area contributed by atoms with Gasteiger partial charge in [0.2, 0.25) is 5.91 Å². The third kappa shape index (κ3) is 5.82. The fourth-order valence-corrected chi connectivity index (χ4v) is 3.20. The van der Waals surface area contributed by atoms with E-state index < -0.39 is 0 Å². The molecule has 2 saturated heterocycles. The average Bonchev–Trinajstić information content (AvgIpc) is 2.88. The summed E-state index contributed by atoms with van der Waals surface area (Å²) in [6, 6.07) is 0.164. The predicted molar refractivity (Wildman–Crippen MR) is 99.6 cm³/mol. The first kappa shape index (κ1) is 22.2. The van der Waals surface area contributed by atoms with Crippen LogP contribution in [-0.4, -0.2) is 72.8 Å². The van der Waals surface area contributed by atoms with Crippen LogP contribution in [0.4, 0.5) is 0 Å². The Kier molecular flexibility index (Phi) is 9.16. The lowest BCUT2D eigenvalue weighted by molar-refractivity contribution is -0.134. The van der Waals surface area contributed by atoms with E-state index in [0.29, 0.717) is 13.0 Å². The van der Waals surface area contributed by atoms with E-state index in [1.54, 1.807) is 0 Å². The van der Waals surface area contributed by atoms with Gasteiger partial charge in [-0.2, -0.15) is 0 Å². The molecule has 3 heterocycles. The van der Waals surface area contributed by atoms with Crippen LogP contribution in [0, 0.1) is 13.8 Å². The molecule has 1 unspecified atom stereocenters. The minimum atomic E-state index is 0. The van der Waals surface area contributed by atoms with Crippen molar-refractivity contribution in [2.45, 2.75) is 32.9 Å². The predicted octanol–water partition coefficient (Wildman–Crippen LogP) is 1.16. The van der Waals surface area contributed by atoms with Gasteiger partial charge < -0.3 is 19.5 Å². The molecule has 1 N–H and O–H groups in total. The highest BCUT2D eigenvalue weighted by atomic mass is 35.5. The van der Waals surface area contributed by atoms with Gasteiger partial charge in [0, 0.05) is 57.3 Å². The summed E-state index contributed by atoms with van der Waals surface area (Å²) in [6.45, 7) is 10.4. The van der Waals surface area contributed by atoms with Crippen molar-refractivity contribution in [2.75, 3.05) is 45.9 Å². The van der Waals surface area contributed by atoms with Gasteiger partial charge in [0.25, 0.3) is 0 Å². The smallest absolute Gasteiger partial charge is 0.224 e. The summed E-state index contributed by atoms with van der Waals surface area (Å²) < 4.78 is 10.6. The first-order chi connectivity index (χ1) is 11.1. The summed E-state index contributed by atoms with van der Waals surface area (Å²) in [5, 5.41) is 7.34. The fourth-order valence-electron chi connectivity index (χ4n) is 3.20. The van der Waals surface area contributed by atoms with Crippen molar-refractivity contribution in [3.05, 3.63) is 17.0 Å².